The summed E-state index contributed by atoms with van der Waals surface area (Å²) in [5, 5.41) is 0. The maximum atomic E-state index is 13.7. The lowest BCUT2D eigenvalue weighted by molar-refractivity contribution is -0.140. The molecule has 1 amide bonds. The standard InChI is InChI=1S/C21H21F2N3O2/c22-15-3-1-2-14(12-15)17-4-5-19-26(17)20(27)21(28-19)7-10-25(11-8-21)18-13-16(23)6-9-24-18/h1-3,6,9,12-13,17,19H,4-5,7-8,10-11H2. The fourth-order valence-electron chi connectivity index (χ4n) is 4.75. The molecule has 2 aromatic rings. The fourth-order valence-corrected chi connectivity index (χ4v) is 4.75. The topological polar surface area (TPSA) is 45.7 Å². The van der Waals surface area contributed by atoms with Gasteiger partial charge in [0.05, 0.1) is 6.04 Å². The Bertz CT molecular complexity index is 914. The first kappa shape index (κ1) is 17.6. The number of fused-ring (bicyclic) bond motifs is 1. The molecule has 3 aliphatic heterocycles. The smallest absolute Gasteiger partial charge is 0.257 e. The average Bonchev–Trinajstić information content (AvgIpc) is 3.21. The number of ether oxygens (including phenoxy) is 1. The van der Waals surface area contributed by atoms with Crippen LogP contribution in [0.4, 0.5) is 14.6 Å². The normalized spacial score (nSPS) is 26.1. The minimum absolute atomic E-state index is 0.00360. The monoisotopic (exact) mass is 385 g/mol. The lowest BCUT2D eigenvalue weighted by Crippen LogP contribution is -2.50. The summed E-state index contributed by atoms with van der Waals surface area (Å²) in [6, 6.07) is 9.05. The number of pyridine rings is 1. The fraction of sp³-hybridized carbons (Fsp3) is 0.429. The third-order valence-electron chi connectivity index (χ3n) is 6.16. The van der Waals surface area contributed by atoms with Crippen LogP contribution < -0.4 is 4.90 Å². The molecule has 3 fully saturated rings. The zero-order chi connectivity index (χ0) is 19.3. The number of carbonyl (C=O) groups is 1. The number of rotatable bonds is 2. The van der Waals surface area contributed by atoms with Crippen LogP contribution in [0.15, 0.2) is 42.6 Å². The van der Waals surface area contributed by atoms with Gasteiger partial charge in [0, 0.05) is 38.2 Å². The van der Waals surface area contributed by atoms with Gasteiger partial charge in [0.2, 0.25) is 0 Å². The minimum Gasteiger partial charge on any atom is -0.356 e. The summed E-state index contributed by atoms with van der Waals surface area (Å²) in [5.41, 5.74) is -0.0154. The van der Waals surface area contributed by atoms with Gasteiger partial charge < -0.3 is 14.5 Å². The number of hydrogen-bond donors (Lipinski definition) is 0. The zero-order valence-electron chi connectivity index (χ0n) is 15.4. The van der Waals surface area contributed by atoms with E-state index >= 15 is 0 Å². The molecule has 7 heteroatoms. The number of aromatic nitrogens is 1. The Labute approximate surface area is 161 Å². The first-order valence-corrected chi connectivity index (χ1v) is 9.68. The van der Waals surface area contributed by atoms with E-state index in [-0.39, 0.29) is 29.8 Å². The SMILES string of the molecule is O=C1N2C(CCC2c2cccc(F)c2)OC12CCN(c1cc(F)ccn1)CC2. The van der Waals surface area contributed by atoms with Crippen molar-refractivity contribution in [2.45, 2.75) is 43.6 Å². The number of piperidine rings is 1. The van der Waals surface area contributed by atoms with Gasteiger partial charge in [-0.15, -0.1) is 0 Å². The molecule has 146 valence electrons. The van der Waals surface area contributed by atoms with E-state index in [4.69, 9.17) is 4.74 Å². The van der Waals surface area contributed by atoms with Crippen molar-refractivity contribution in [1.82, 2.24) is 9.88 Å². The van der Waals surface area contributed by atoms with Gasteiger partial charge in [0.25, 0.3) is 5.91 Å². The molecule has 3 aliphatic rings. The number of hydrogen-bond acceptors (Lipinski definition) is 4. The molecule has 0 aliphatic carbocycles. The Kier molecular flexibility index (Phi) is 4.08. The van der Waals surface area contributed by atoms with Crippen molar-refractivity contribution < 1.29 is 18.3 Å². The average molecular weight is 385 g/mol. The zero-order valence-corrected chi connectivity index (χ0v) is 15.4. The molecule has 0 N–H and O–H groups in total. The quantitative estimate of drug-likeness (QED) is 0.795. The predicted octanol–water partition coefficient (Wildman–Crippen LogP) is 3.42. The summed E-state index contributed by atoms with van der Waals surface area (Å²) in [7, 11) is 0. The summed E-state index contributed by atoms with van der Waals surface area (Å²) in [5.74, 6) is -0.0364. The lowest BCUT2D eigenvalue weighted by Gasteiger charge is -2.38. The molecule has 0 radical (unpaired) electrons. The van der Waals surface area contributed by atoms with Crippen LogP contribution in [0.3, 0.4) is 0 Å². The van der Waals surface area contributed by atoms with E-state index in [1.807, 2.05) is 15.9 Å². The minimum atomic E-state index is -0.833. The van der Waals surface area contributed by atoms with Gasteiger partial charge in [-0.3, -0.25) is 4.79 Å². The second-order valence-electron chi connectivity index (χ2n) is 7.75. The van der Waals surface area contributed by atoms with Crippen molar-refractivity contribution in [3.63, 3.8) is 0 Å². The first-order chi connectivity index (χ1) is 13.6. The van der Waals surface area contributed by atoms with E-state index in [9.17, 15) is 13.6 Å². The number of nitrogens with zero attached hydrogens (tertiary/aromatic N) is 3. The molecule has 5 nitrogen and oxygen atoms in total. The molecule has 2 atom stereocenters. The van der Waals surface area contributed by atoms with Gasteiger partial charge in [0.15, 0.2) is 5.60 Å². The highest BCUT2D eigenvalue weighted by molar-refractivity contribution is 5.88. The highest BCUT2D eigenvalue weighted by Gasteiger charge is 2.58. The number of benzene rings is 1. The maximum Gasteiger partial charge on any atom is 0.257 e. The Balaban J connectivity index is 1.34. The highest BCUT2D eigenvalue weighted by Crippen LogP contribution is 2.47. The molecule has 28 heavy (non-hydrogen) atoms. The van der Waals surface area contributed by atoms with E-state index in [0.717, 1.165) is 18.4 Å². The largest absolute Gasteiger partial charge is 0.356 e. The van der Waals surface area contributed by atoms with Gasteiger partial charge in [0.1, 0.15) is 23.7 Å². The Morgan fingerprint density at radius 1 is 1.07 bits per heavy atom. The van der Waals surface area contributed by atoms with Crippen LogP contribution in [0.5, 0.6) is 0 Å². The van der Waals surface area contributed by atoms with Gasteiger partial charge in [-0.1, -0.05) is 12.1 Å². The predicted molar refractivity (Wildman–Crippen MR) is 98.5 cm³/mol. The molecule has 0 bridgehead atoms. The Morgan fingerprint density at radius 3 is 2.61 bits per heavy atom. The van der Waals surface area contributed by atoms with Crippen molar-refractivity contribution in [3.8, 4) is 0 Å². The van der Waals surface area contributed by atoms with Crippen molar-refractivity contribution in [1.29, 1.82) is 0 Å². The molecule has 1 aromatic carbocycles. The molecular weight excluding hydrogens is 364 g/mol. The Morgan fingerprint density at radius 2 is 1.86 bits per heavy atom. The van der Waals surface area contributed by atoms with Gasteiger partial charge >= 0.3 is 0 Å². The maximum absolute atomic E-state index is 13.7. The Hall–Kier alpha value is -2.54. The second kappa shape index (κ2) is 6.51. The molecule has 2 unspecified atom stereocenters. The first-order valence-electron chi connectivity index (χ1n) is 9.68. The van der Waals surface area contributed by atoms with E-state index in [0.29, 0.717) is 31.7 Å². The van der Waals surface area contributed by atoms with Crippen molar-refractivity contribution in [2.24, 2.45) is 0 Å². The third kappa shape index (κ3) is 2.76. The van der Waals surface area contributed by atoms with Crippen LogP contribution >= 0.6 is 0 Å². The van der Waals surface area contributed by atoms with Gasteiger partial charge in [-0.05, 0) is 36.6 Å². The molecule has 4 heterocycles. The third-order valence-corrected chi connectivity index (χ3v) is 6.16. The van der Waals surface area contributed by atoms with Crippen LogP contribution in [0.2, 0.25) is 0 Å². The number of carbonyl (C=O) groups excluding carboxylic acids is 1. The van der Waals surface area contributed by atoms with Crippen LogP contribution in [0, 0.1) is 11.6 Å². The molecule has 1 spiro atoms. The summed E-state index contributed by atoms with van der Waals surface area (Å²) in [4.78, 5) is 21.4. The molecule has 0 saturated carbocycles. The van der Waals surface area contributed by atoms with Crippen LogP contribution in [0.25, 0.3) is 0 Å². The van der Waals surface area contributed by atoms with E-state index in [1.54, 1.807) is 6.07 Å². The van der Waals surface area contributed by atoms with Crippen molar-refractivity contribution in [3.05, 3.63) is 59.8 Å². The summed E-state index contributed by atoms with van der Waals surface area (Å²) in [6.45, 7) is 1.15. The van der Waals surface area contributed by atoms with Crippen LogP contribution in [-0.2, 0) is 9.53 Å². The molecule has 5 rings (SSSR count). The lowest BCUT2D eigenvalue weighted by atomic mass is 9.89. The van der Waals surface area contributed by atoms with E-state index < -0.39 is 5.60 Å². The summed E-state index contributed by atoms with van der Waals surface area (Å²) >= 11 is 0. The van der Waals surface area contributed by atoms with Crippen molar-refractivity contribution in [2.75, 3.05) is 18.0 Å². The summed E-state index contributed by atoms with van der Waals surface area (Å²) in [6.07, 6.45) is 3.80. The number of amides is 1. The second-order valence-corrected chi connectivity index (χ2v) is 7.75. The highest BCUT2D eigenvalue weighted by atomic mass is 19.1. The summed E-state index contributed by atoms with van der Waals surface area (Å²) < 4.78 is 33.4. The van der Waals surface area contributed by atoms with Gasteiger partial charge in [-0.2, -0.15) is 0 Å². The molecule has 1 aromatic heterocycles. The van der Waals surface area contributed by atoms with E-state index in [1.165, 1.54) is 30.5 Å². The number of halogens is 2. The van der Waals surface area contributed by atoms with Crippen LogP contribution in [-0.4, -0.2) is 40.7 Å². The molecular formula is C21H21F2N3O2. The number of anilines is 1. The van der Waals surface area contributed by atoms with E-state index in [2.05, 4.69) is 4.98 Å². The van der Waals surface area contributed by atoms with Crippen LogP contribution in [0.1, 0.15) is 37.3 Å². The van der Waals surface area contributed by atoms with Gasteiger partial charge in [-0.25, -0.2) is 13.8 Å². The van der Waals surface area contributed by atoms with Crippen molar-refractivity contribution >= 4 is 11.7 Å². The molecule has 3 saturated heterocycles.